The van der Waals surface area contributed by atoms with E-state index in [1.54, 1.807) is 13.2 Å². The van der Waals surface area contributed by atoms with Gasteiger partial charge in [-0.2, -0.15) is 0 Å². The molecule has 0 unspecified atom stereocenters. The van der Waals surface area contributed by atoms with Gasteiger partial charge in [0.2, 0.25) is 5.91 Å². The van der Waals surface area contributed by atoms with E-state index in [1.165, 1.54) is 0 Å². The molecule has 0 radical (unpaired) electrons. The Hall–Kier alpha value is -1.95. The summed E-state index contributed by atoms with van der Waals surface area (Å²) in [6.45, 7) is 3.97. The fourth-order valence-electron chi connectivity index (χ4n) is 3.44. The largest absolute Gasteiger partial charge is 0.496 e. The number of benzene rings is 2. The van der Waals surface area contributed by atoms with Gasteiger partial charge in [-0.05, 0) is 43.4 Å². The second kappa shape index (κ2) is 9.50. The molecular weight excluding hydrogens is 397 g/mol. The van der Waals surface area contributed by atoms with E-state index in [-0.39, 0.29) is 5.91 Å². The van der Waals surface area contributed by atoms with Crippen LogP contribution in [0.2, 0.25) is 10.0 Å². The van der Waals surface area contributed by atoms with Crippen molar-refractivity contribution in [2.45, 2.75) is 6.54 Å². The minimum atomic E-state index is 0.134. The third-order valence-electron chi connectivity index (χ3n) is 4.89. The number of carbonyl (C=O) groups is 1. The molecule has 0 bridgehead atoms. The summed E-state index contributed by atoms with van der Waals surface area (Å²) in [5, 5.41) is 1.39. The molecule has 0 saturated carbocycles. The lowest BCUT2D eigenvalue weighted by molar-refractivity contribution is -0.132. The van der Waals surface area contributed by atoms with Crippen LogP contribution < -0.4 is 9.64 Å². The highest BCUT2D eigenvalue weighted by atomic mass is 35.5. The number of ether oxygens (including phenoxy) is 1. The lowest BCUT2D eigenvalue weighted by Crippen LogP contribution is -2.51. The molecule has 0 N–H and O–H groups in total. The molecule has 2 aromatic carbocycles. The Bertz CT molecular complexity index is 823. The van der Waals surface area contributed by atoms with Gasteiger partial charge in [-0.25, -0.2) is 0 Å². The number of piperazine rings is 1. The van der Waals surface area contributed by atoms with Crippen molar-refractivity contribution in [2.75, 3.05) is 51.8 Å². The van der Waals surface area contributed by atoms with Gasteiger partial charge in [0, 0.05) is 54.0 Å². The first kappa shape index (κ1) is 20.8. The summed E-state index contributed by atoms with van der Waals surface area (Å²) in [6, 6.07) is 13.4. The molecule has 7 heteroatoms. The van der Waals surface area contributed by atoms with Crippen molar-refractivity contribution in [3.63, 3.8) is 0 Å². The standard InChI is InChI=1S/C21H25Cl2N3O2/c1-24(14-16-12-18(23)6-7-20(16)28-2)15-21(27)26-10-8-25(9-11-26)19-5-3-4-17(22)13-19/h3-7,12-13H,8-11,14-15H2,1-2H3. The van der Waals surface area contributed by atoms with Crippen molar-refractivity contribution >= 4 is 34.8 Å². The maximum Gasteiger partial charge on any atom is 0.236 e. The van der Waals surface area contributed by atoms with Gasteiger partial charge in [-0.3, -0.25) is 9.69 Å². The number of hydrogen-bond acceptors (Lipinski definition) is 4. The molecule has 150 valence electrons. The predicted molar refractivity (Wildman–Crippen MR) is 115 cm³/mol. The molecule has 0 aliphatic carbocycles. The van der Waals surface area contributed by atoms with Crippen molar-refractivity contribution in [1.29, 1.82) is 0 Å². The van der Waals surface area contributed by atoms with Crippen LogP contribution in [0.3, 0.4) is 0 Å². The van der Waals surface area contributed by atoms with Crippen LogP contribution in [-0.2, 0) is 11.3 Å². The van der Waals surface area contributed by atoms with Crippen LogP contribution in [0.1, 0.15) is 5.56 Å². The monoisotopic (exact) mass is 421 g/mol. The van der Waals surface area contributed by atoms with Crippen molar-refractivity contribution in [3.05, 3.63) is 58.1 Å². The average molecular weight is 422 g/mol. The summed E-state index contributed by atoms with van der Waals surface area (Å²) in [5.74, 6) is 0.910. The quantitative estimate of drug-likeness (QED) is 0.710. The van der Waals surface area contributed by atoms with Gasteiger partial charge in [0.05, 0.1) is 13.7 Å². The molecule has 0 spiro atoms. The first-order valence-electron chi connectivity index (χ1n) is 9.25. The fraction of sp³-hybridized carbons (Fsp3) is 0.381. The normalized spacial score (nSPS) is 14.5. The average Bonchev–Trinajstić information content (AvgIpc) is 2.68. The summed E-state index contributed by atoms with van der Waals surface area (Å²) in [6.07, 6.45) is 0. The molecule has 5 nitrogen and oxygen atoms in total. The third-order valence-corrected chi connectivity index (χ3v) is 5.36. The number of carbonyl (C=O) groups excluding carboxylic acids is 1. The van der Waals surface area contributed by atoms with Gasteiger partial charge in [0.1, 0.15) is 5.75 Å². The van der Waals surface area contributed by atoms with Crippen LogP contribution in [0.4, 0.5) is 5.69 Å². The van der Waals surface area contributed by atoms with Crippen LogP contribution in [0, 0.1) is 0 Å². The summed E-state index contributed by atoms with van der Waals surface area (Å²) in [4.78, 5) is 18.9. The summed E-state index contributed by atoms with van der Waals surface area (Å²) in [5.41, 5.74) is 2.07. The minimum Gasteiger partial charge on any atom is -0.496 e. The Morgan fingerprint density at radius 3 is 2.46 bits per heavy atom. The zero-order valence-electron chi connectivity index (χ0n) is 16.2. The van der Waals surface area contributed by atoms with Crippen LogP contribution in [0.5, 0.6) is 5.75 Å². The molecule has 1 aliphatic heterocycles. The smallest absolute Gasteiger partial charge is 0.236 e. The number of likely N-dealkylation sites (N-methyl/N-ethyl adjacent to an activating group) is 1. The number of halogens is 2. The van der Waals surface area contributed by atoms with Gasteiger partial charge in [0.25, 0.3) is 0 Å². The van der Waals surface area contributed by atoms with Crippen LogP contribution >= 0.6 is 23.2 Å². The lowest BCUT2D eigenvalue weighted by atomic mass is 10.2. The summed E-state index contributed by atoms with van der Waals surface area (Å²) >= 11 is 12.2. The molecule has 28 heavy (non-hydrogen) atoms. The van der Waals surface area contributed by atoms with E-state index < -0.39 is 0 Å². The zero-order chi connectivity index (χ0) is 20.1. The SMILES string of the molecule is COc1ccc(Cl)cc1CN(C)CC(=O)N1CCN(c2cccc(Cl)c2)CC1. The number of anilines is 1. The van der Waals surface area contributed by atoms with Gasteiger partial charge in [-0.1, -0.05) is 29.3 Å². The molecule has 0 atom stereocenters. The van der Waals surface area contributed by atoms with E-state index in [2.05, 4.69) is 11.0 Å². The van der Waals surface area contributed by atoms with Crippen molar-refractivity contribution in [2.24, 2.45) is 0 Å². The minimum absolute atomic E-state index is 0.134. The molecule has 1 saturated heterocycles. The molecule has 1 fully saturated rings. The Morgan fingerprint density at radius 1 is 1.07 bits per heavy atom. The first-order chi connectivity index (χ1) is 13.5. The maximum absolute atomic E-state index is 12.7. The number of hydrogen-bond donors (Lipinski definition) is 0. The molecule has 3 rings (SSSR count). The van der Waals surface area contributed by atoms with Gasteiger partial charge < -0.3 is 14.5 Å². The molecule has 1 heterocycles. The Labute approximate surface area is 176 Å². The maximum atomic E-state index is 12.7. The predicted octanol–water partition coefficient (Wildman–Crippen LogP) is 3.78. The van der Waals surface area contributed by atoms with Gasteiger partial charge in [0.15, 0.2) is 0 Å². The summed E-state index contributed by atoms with van der Waals surface area (Å²) in [7, 11) is 3.57. The molecule has 1 aliphatic rings. The number of nitrogens with zero attached hydrogens (tertiary/aromatic N) is 3. The van der Waals surface area contributed by atoms with Gasteiger partial charge >= 0.3 is 0 Å². The third kappa shape index (κ3) is 5.31. The van der Waals surface area contributed by atoms with E-state index in [9.17, 15) is 4.79 Å². The van der Waals surface area contributed by atoms with E-state index in [4.69, 9.17) is 27.9 Å². The number of amides is 1. The first-order valence-corrected chi connectivity index (χ1v) is 10.0. The fourth-order valence-corrected chi connectivity index (χ4v) is 3.81. The Kier molecular flexibility index (Phi) is 7.05. The highest BCUT2D eigenvalue weighted by Crippen LogP contribution is 2.24. The summed E-state index contributed by atoms with van der Waals surface area (Å²) < 4.78 is 5.39. The van der Waals surface area contributed by atoms with Gasteiger partial charge in [-0.15, -0.1) is 0 Å². The zero-order valence-corrected chi connectivity index (χ0v) is 17.7. The lowest BCUT2D eigenvalue weighted by Gasteiger charge is -2.36. The Balaban J connectivity index is 1.52. The molecular formula is C21H25Cl2N3O2. The van der Waals surface area contributed by atoms with E-state index in [1.807, 2.05) is 47.2 Å². The van der Waals surface area contributed by atoms with Crippen LogP contribution in [0.15, 0.2) is 42.5 Å². The highest BCUT2D eigenvalue weighted by molar-refractivity contribution is 6.31. The second-order valence-electron chi connectivity index (χ2n) is 6.98. The second-order valence-corrected chi connectivity index (χ2v) is 7.85. The molecule has 0 aromatic heterocycles. The topological polar surface area (TPSA) is 36.0 Å². The van der Waals surface area contributed by atoms with Crippen molar-refractivity contribution in [1.82, 2.24) is 9.80 Å². The number of rotatable bonds is 6. The highest BCUT2D eigenvalue weighted by Gasteiger charge is 2.22. The number of methoxy groups -OCH3 is 1. The van der Waals surface area contributed by atoms with E-state index in [0.29, 0.717) is 31.2 Å². The van der Waals surface area contributed by atoms with Crippen LogP contribution in [-0.4, -0.2) is 62.6 Å². The van der Waals surface area contributed by atoms with Crippen molar-refractivity contribution in [3.8, 4) is 5.75 Å². The Morgan fingerprint density at radius 2 is 1.79 bits per heavy atom. The molecule has 1 amide bonds. The van der Waals surface area contributed by atoms with Crippen LogP contribution in [0.25, 0.3) is 0 Å². The van der Waals surface area contributed by atoms with Crippen molar-refractivity contribution < 1.29 is 9.53 Å². The molecule has 2 aromatic rings. The van der Waals surface area contributed by atoms with E-state index in [0.717, 1.165) is 35.1 Å². The van der Waals surface area contributed by atoms with E-state index >= 15 is 0 Å².